The Morgan fingerprint density at radius 2 is 0.604 bits per heavy atom. The third-order valence-electron chi connectivity index (χ3n) is 14.6. The lowest BCUT2D eigenvalue weighted by Crippen LogP contribution is -2.29. The maximum atomic E-state index is 7.30. The van der Waals surface area contributed by atoms with E-state index in [1.807, 2.05) is 0 Å². The SMILES string of the molecule is CCC(C)(C)c1cc2c(c(C(C)(C)CC)c1)OP1Oc3c(cc(C(C)(C)CC)cc3C(C)(C)CC)C2c2cc(C(C)(C)CC)cc(C(C)(C)CC)c2O1. The van der Waals surface area contributed by atoms with Gasteiger partial charge in [0.25, 0.3) is 0 Å². The van der Waals surface area contributed by atoms with E-state index in [0.29, 0.717) is 0 Å². The third-order valence-corrected chi connectivity index (χ3v) is 15.6. The third kappa shape index (κ3) is 7.32. The highest BCUT2D eigenvalue weighted by molar-refractivity contribution is 7.43. The fraction of sp³-hybridized carbons (Fsp3) is 0.633. The summed E-state index contributed by atoms with van der Waals surface area (Å²) in [5, 5.41) is 0. The van der Waals surface area contributed by atoms with Crippen LogP contribution in [0.3, 0.4) is 0 Å². The van der Waals surface area contributed by atoms with Crippen molar-refractivity contribution in [2.75, 3.05) is 0 Å². The van der Waals surface area contributed by atoms with Crippen LogP contribution in [-0.4, -0.2) is 0 Å². The zero-order valence-corrected chi connectivity index (χ0v) is 37.9. The van der Waals surface area contributed by atoms with Crippen LogP contribution in [0.15, 0.2) is 36.4 Å². The van der Waals surface area contributed by atoms with Gasteiger partial charge in [0.1, 0.15) is 17.2 Å². The van der Waals surface area contributed by atoms with Gasteiger partial charge >= 0.3 is 8.60 Å². The first-order valence-electron chi connectivity index (χ1n) is 20.9. The van der Waals surface area contributed by atoms with Crippen LogP contribution >= 0.6 is 8.60 Å². The first-order valence-corrected chi connectivity index (χ1v) is 21.9. The molecular weight excluding hydrogens is 668 g/mol. The first-order chi connectivity index (χ1) is 24.4. The Bertz CT molecular complexity index is 1630. The quantitative estimate of drug-likeness (QED) is 0.173. The minimum atomic E-state index is -1.87. The zero-order valence-electron chi connectivity index (χ0n) is 37.0. The van der Waals surface area contributed by atoms with E-state index < -0.39 is 8.60 Å². The molecule has 3 aliphatic heterocycles. The maximum Gasteiger partial charge on any atom is 0.530 e. The molecule has 0 N–H and O–H groups in total. The molecule has 292 valence electrons. The van der Waals surface area contributed by atoms with E-state index >= 15 is 0 Å². The number of hydrogen-bond donors (Lipinski definition) is 0. The first kappa shape index (κ1) is 41.6. The van der Waals surface area contributed by atoms with Crippen molar-refractivity contribution in [1.29, 1.82) is 0 Å². The molecule has 0 amide bonds. The van der Waals surface area contributed by atoms with Crippen molar-refractivity contribution in [1.82, 2.24) is 0 Å². The zero-order chi connectivity index (χ0) is 39.7. The van der Waals surface area contributed by atoms with E-state index in [4.69, 9.17) is 13.6 Å². The average molecular weight is 741 g/mol. The van der Waals surface area contributed by atoms with Gasteiger partial charge in [-0.2, -0.15) is 0 Å². The molecule has 0 fully saturated rings. The summed E-state index contributed by atoms with van der Waals surface area (Å²) in [4.78, 5) is 0. The van der Waals surface area contributed by atoms with Crippen molar-refractivity contribution in [3.8, 4) is 17.2 Å². The summed E-state index contributed by atoms with van der Waals surface area (Å²) in [6.07, 6.45) is 6.10. The number of benzene rings is 3. The summed E-state index contributed by atoms with van der Waals surface area (Å²) in [5.74, 6) is 2.69. The van der Waals surface area contributed by atoms with Crippen LogP contribution in [0.25, 0.3) is 0 Å². The second-order valence-electron chi connectivity index (χ2n) is 20.2. The van der Waals surface area contributed by atoms with Gasteiger partial charge in [-0.25, -0.2) is 0 Å². The predicted octanol–water partition coefficient (Wildman–Crippen LogP) is 15.4. The van der Waals surface area contributed by atoms with Crippen molar-refractivity contribution in [3.63, 3.8) is 0 Å². The van der Waals surface area contributed by atoms with Crippen LogP contribution in [0, 0.1) is 0 Å². The molecule has 3 aliphatic rings. The van der Waals surface area contributed by atoms with Crippen molar-refractivity contribution in [2.45, 2.75) is 202 Å². The Labute approximate surface area is 326 Å². The molecule has 0 spiro atoms. The molecule has 3 heterocycles. The summed E-state index contributed by atoms with van der Waals surface area (Å²) in [5.41, 5.74) is 11.2. The maximum absolute atomic E-state index is 7.30. The van der Waals surface area contributed by atoms with E-state index in [0.717, 1.165) is 55.8 Å². The average Bonchev–Trinajstić information content (AvgIpc) is 3.10. The molecule has 0 aromatic heterocycles. The molecule has 3 nitrogen and oxygen atoms in total. The van der Waals surface area contributed by atoms with Crippen molar-refractivity contribution in [2.24, 2.45) is 0 Å². The van der Waals surface area contributed by atoms with Gasteiger partial charge in [-0.3, -0.25) is 0 Å². The second kappa shape index (κ2) is 14.2. The van der Waals surface area contributed by atoms with Crippen LogP contribution < -0.4 is 13.6 Å². The Balaban J connectivity index is 2.12. The number of rotatable bonds is 12. The van der Waals surface area contributed by atoms with Crippen LogP contribution in [0.4, 0.5) is 0 Å². The molecule has 3 aromatic carbocycles. The molecule has 53 heavy (non-hydrogen) atoms. The van der Waals surface area contributed by atoms with Crippen LogP contribution in [-0.2, 0) is 32.5 Å². The van der Waals surface area contributed by atoms with Gasteiger partial charge in [0.15, 0.2) is 0 Å². The minimum absolute atomic E-state index is 0.0170. The Morgan fingerprint density at radius 1 is 0.377 bits per heavy atom. The number of hydrogen-bond acceptors (Lipinski definition) is 3. The molecule has 0 unspecified atom stereocenters. The lowest BCUT2D eigenvalue weighted by Gasteiger charge is -2.42. The molecule has 0 radical (unpaired) electrons. The van der Waals surface area contributed by atoms with Crippen molar-refractivity contribution < 1.29 is 13.6 Å². The molecule has 3 aromatic rings. The summed E-state index contributed by atoms with van der Waals surface area (Å²) in [7, 11) is -1.87. The van der Waals surface area contributed by atoms with E-state index in [-0.39, 0.29) is 38.4 Å². The van der Waals surface area contributed by atoms with Gasteiger partial charge in [0.05, 0.1) is 0 Å². The standard InChI is InChI=1S/C49H73O3P/c1-19-44(7,8)31-25-34-40-35-26-32(45(9,10)20-2)29-38(48(15,16)23-5)42(35)51-53(50-41(34)37(28-31)47(13,14)22-4)52-43-36(40)27-33(46(11,12)21-3)30-39(43)49(17,18)24-6/h25-30,40H,19-24H2,1-18H3. The fourth-order valence-corrected chi connectivity index (χ4v) is 8.72. The lowest BCUT2D eigenvalue weighted by atomic mass is 9.68. The van der Waals surface area contributed by atoms with Crippen molar-refractivity contribution in [3.05, 3.63) is 86.5 Å². The molecular formula is C49H73O3P. The van der Waals surface area contributed by atoms with Crippen molar-refractivity contribution >= 4 is 8.60 Å². The molecule has 2 bridgehead atoms. The molecule has 0 aliphatic carbocycles. The highest BCUT2D eigenvalue weighted by Gasteiger charge is 2.45. The largest absolute Gasteiger partial charge is 0.530 e. The Kier molecular flexibility index (Phi) is 11.2. The highest BCUT2D eigenvalue weighted by Crippen LogP contribution is 2.63. The van der Waals surface area contributed by atoms with Crippen LogP contribution in [0.1, 0.15) is 219 Å². The molecule has 4 heteroatoms. The van der Waals surface area contributed by atoms with E-state index in [2.05, 4.69) is 161 Å². The second-order valence-corrected chi connectivity index (χ2v) is 21.2. The van der Waals surface area contributed by atoms with E-state index in [1.165, 1.54) is 50.1 Å². The van der Waals surface area contributed by atoms with Gasteiger partial charge in [-0.15, -0.1) is 0 Å². The van der Waals surface area contributed by atoms with Gasteiger partial charge in [0, 0.05) is 39.3 Å². The predicted molar refractivity (Wildman–Crippen MR) is 229 cm³/mol. The van der Waals surface area contributed by atoms with Gasteiger partial charge in [-0.05, 0) is 87.7 Å². The van der Waals surface area contributed by atoms with Crippen LogP contribution in [0.5, 0.6) is 17.2 Å². The fourth-order valence-electron chi connectivity index (χ4n) is 7.55. The topological polar surface area (TPSA) is 27.7 Å². The van der Waals surface area contributed by atoms with Gasteiger partial charge < -0.3 is 13.6 Å². The van der Waals surface area contributed by atoms with Crippen LogP contribution in [0.2, 0.25) is 0 Å². The summed E-state index contributed by atoms with van der Waals surface area (Å²) < 4.78 is 21.9. The Hall–Kier alpha value is -2.51. The lowest BCUT2D eigenvalue weighted by molar-refractivity contribution is 0.346. The summed E-state index contributed by atoms with van der Waals surface area (Å²) in [6.45, 7) is 42.5. The highest BCUT2D eigenvalue weighted by atomic mass is 31.2. The normalized spacial score (nSPS) is 17.8. The van der Waals surface area contributed by atoms with E-state index in [9.17, 15) is 0 Å². The molecule has 0 atom stereocenters. The van der Waals surface area contributed by atoms with E-state index in [1.54, 1.807) is 0 Å². The Morgan fingerprint density at radius 3 is 0.811 bits per heavy atom. The monoisotopic (exact) mass is 741 g/mol. The van der Waals surface area contributed by atoms with Gasteiger partial charge in [0.2, 0.25) is 0 Å². The molecule has 0 saturated carbocycles. The smallest absolute Gasteiger partial charge is 0.408 e. The molecule has 0 saturated heterocycles. The molecule has 6 rings (SSSR count). The summed E-state index contributed by atoms with van der Waals surface area (Å²) in [6, 6.07) is 14.9. The van der Waals surface area contributed by atoms with Gasteiger partial charge in [-0.1, -0.05) is 161 Å². The summed E-state index contributed by atoms with van der Waals surface area (Å²) >= 11 is 0. The minimum Gasteiger partial charge on any atom is -0.408 e.